The lowest BCUT2D eigenvalue weighted by atomic mass is 9.90. The number of hydrogen-bond donors (Lipinski definition) is 3. The number of hydrogen-bond acceptors (Lipinski definition) is 4. The van der Waals surface area contributed by atoms with Crippen LogP contribution in [0.1, 0.15) is 20.3 Å². The molecule has 0 unspecified atom stereocenters. The minimum absolute atomic E-state index is 0.00656. The number of nitrogen functional groups attached to an aromatic ring is 1. The van der Waals surface area contributed by atoms with Crippen molar-refractivity contribution in [2.75, 3.05) is 18.9 Å². The monoisotopic (exact) mass is 308 g/mol. The topological polar surface area (TPSA) is 92.4 Å². The molecule has 0 radical (unpaired) electrons. The highest BCUT2D eigenvalue weighted by Crippen LogP contribution is 2.23. The summed E-state index contributed by atoms with van der Waals surface area (Å²) in [4.78, 5) is -0.698. The van der Waals surface area contributed by atoms with Crippen LogP contribution in [0, 0.1) is 17.0 Å². The first kappa shape index (κ1) is 16.8. The molecule has 0 saturated carbocycles. The second kappa shape index (κ2) is 6.02. The highest BCUT2D eigenvalue weighted by Gasteiger charge is 2.25. The molecule has 20 heavy (non-hydrogen) atoms. The number of aliphatic hydroxyl groups is 1. The van der Waals surface area contributed by atoms with Gasteiger partial charge in [0.15, 0.2) is 0 Å². The van der Waals surface area contributed by atoms with Crippen LogP contribution in [0.5, 0.6) is 0 Å². The van der Waals surface area contributed by atoms with Crippen LogP contribution in [-0.2, 0) is 10.0 Å². The molecule has 0 saturated heterocycles. The van der Waals surface area contributed by atoms with E-state index in [1.165, 1.54) is 0 Å². The number of benzene rings is 1. The Kier molecular flexibility index (Phi) is 5.06. The zero-order valence-corrected chi connectivity index (χ0v) is 12.1. The molecular weight excluding hydrogens is 290 g/mol. The fourth-order valence-electron chi connectivity index (χ4n) is 1.51. The van der Waals surface area contributed by atoms with Gasteiger partial charge >= 0.3 is 0 Å². The number of sulfonamides is 1. The fraction of sp³-hybridized carbons (Fsp3) is 0.500. The van der Waals surface area contributed by atoms with Crippen molar-refractivity contribution >= 4 is 15.7 Å². The van der Waals surface area contributed by atoms with E-state index in [9.17, 15) is 17.2 Å². The molecule has 0 aliphatic heterocycles. The molecule has 1 aromatic carbocycles. The number of halogens is 2. The Morgan fingerprint density at radius 1 is 1.30 bits per heavy atom. The van der Waals surface area contributed by atoms with Gasteiger partial charge in [0, 0.05) is 19.2 Å². The normalized spacial score (nSPS) is 12.7. The van der Waals surface area contributed by atoms with E-state index in [4.69, 9.17) is 10.8 Å². The van der Waals surface area contributed by atoms with Crippen molar-refractivity contribution in [3.05, 3.63) is 23.8 Å². The van der Waals surface area contributed by atoms with Crippen LogP contribution in [0.2, 0.25) is 0 Å². The van der Waals surface area contributed by atoms with Gasteiger partial charge in [-0.05, 0) is 17.9 Å². The molecule has 0 spiro atoms. The molecule has 0 atom stereocenters. The largest absolute Gasteiger partial charge is 0.396 e. The van der Waals surface area contributed by atoms with Gasteiger partial charge in [-0.3, -0.25) is 0 Å². The van der Waals surface area contributed by atoms with Crippen molar-refractivity contribution in [1.29, 1.82) is 0 Å². The Morgan fingerprint density at radius 3 is 2.45 bits per heavy atom. The van der Waals surface area contributed by atoms with Crippen molar-refractivity contribution in [1.82, 2.24) is 4.72 Å². The van der Waals surface area contributed by atoms with Gasteiger partial charge in [0.25, 0.3) is 0 Å². The summed E-state index contributed by atoms with van der Waals surface area (Å²) in [6.07, 6.45) is 0.379. The Bertz CT molecular complexity index is 589. The lowest BCUT2D eigenvalue weighted by Crippen LogP contribution is -2.35. The third-order valence-electron chi connectivity index (χ3n) is 2.87. The maximum absolute atomic E-state index is 13.5. The third kappa shape index (κ3) is 4.12. The van der Waals surface area contributed by atoms with E-state index < -0.39 is 37.7 Å². The number of anilines is 1. The van der Waals surface area contributed by atoms with E-state index in [2.05, 4.69) is 4.72 Å². The van der Waals surface area contributed by atoms with Crippen molar-refractivity contribution in [2.45, 2.75) is 25.2 Å². The maximum atomic E-state index is 13.5. The second-order valence-corrected chi connectivity index (χ2v) is 7.00. The third-order valence-corrected chi connectivity index (χ3v) is 4.29. The number of nitrogens with two attached hydrogens (primary N) is 1. The molecule has 1 aromatic rings. The van der Waals surface area contributed by atoms with Gasteiger partial charge in [-0.25, -0.2) is 21.9 Å². The summed E-state index contributed by atoms with van der Waals surface area (Å²) in [6, 6.07) is 1.18. The average Bonchev–Trinajstić information content (AvgIpc) is 2.31. The predicted molar refractivity (Wildman–Crippen MR) is 71.4 cm³/mol. The van der Waals surface area contributed by atoms with E-state index in [0.29, 0.717) is 12.5 Å². The molecule has 0 amide bonds. The summed E-state index contributed by atoms with van der Waals surface area (Å²) >= 11 is 0. The first-order valence-corrected chi connectivity index (χ1v) is 7.42. The minimum atomic E-state index is -4.14. The number of nitrogens with one attached hydrogen (secondary N) is 1. The van der Waals surface area contributed by atoms with Crippen LogP contribution in [0.4, 0.5) is 14.5 Å². The fourth-order valence-corrected chi connectivity index (χ4v) is 2.84. The summed E-state index contributed by atoms with van der Waals surface area (Å²) in [5.41, 5.74) is 4.31. The van der Waals surface area contributed by atoms with Gasteiger partial charge in [0.2, 0.25) is 10.0 Å². The van der Waals surface area contributed by atoms with E-state index in [0.717, 1.165) is 6.07 Å². The molecule has 1 rings (SSSR count). The summed E-state index contributed by atoms with van der Waals surface area (Å²) in [5, 5.41) is 8.86. The van der Waals surface area contributed by atoms with Crippen LogP contribution in [0.3, 0.4) is 0 Å². The molecular formula is C12H18F2N2O3S. The highest BCUT2D eigenvalue weighted by atomic mass is 32.2. The molecule has 8 heteroatoms. The molecule has 0 heterocycles. The van der Waals surface area contributed by atoms with Crippen molar-refractivity contribution in [3.8, 4) is 0 Å². The van der Waals surface area contributed by atoms with E-state index >= 15 is 0 Å². The van der Waals surface area contributed by atoms with E-state index in [-0.39, 0.29) is 13.2 Å². The summed E-state index contributed by atoms with van der Waals surface area (Å²) in [7, 11) is -4.14. The molecule has 114 valence electrons. The summed E-state index contributed by atoms with van der Waals surface area (Å²) in [5.74, 6) is -2.22. The van der Waals surface area contributed by atoms with Crippen LogP contribution >= 0.6 is 0 Å². The Balaban J connectivity index is 2.98. The first-order valence-electron chi connectivity index (χ1n) is 5.94. The van der Waals surface area contributed by atoms with Crippen LogP contribution in [-0.4, -0.2) is 26.7 Å². The van der Waals surface area contributed by atoms with Gasteiger partial charge < -0.3 is 10.8 Å². The average molecular weight is 308 g/mol. The molecule has 0 fully saturated rings. The Morgan fingerprint density at radius 2 is 1.90 bits per heavy atom. The molecule has 0 bridgehead atoms. The smallest absolute Gasteiger partial charge is 0.243 e. The Labute approximate surface area is 116 Å². The van der Waals surface area contributed by atoms with Crippen molar-refractivity contribution in [3.63, 3.8) is 0 Å². The SMILES string of the molecule is CC(C)(CCO)CNS(=O)(=O)c1cc(N)c(F)cc1F. The van der Waals surface area contributed by atoms with Crippen LogP contribution in [0.25, 0.3) is 0 Å². The highest BCUT2D eigenvalue weighted by molar-refractivity contribution is 7.89. The summed E-state index contributed by atoms with van der Waals surface area (Å²) < 4.78 is 52.7. The maximum Gasteiger partial charge on any atom is 0.243 e. The lowest BCUT2D eigenvalue weighted by Gasteiger charge is -2.23. The zero-order valence-electron chi connectivity index (χ0n) is 11.3. The van der Waals surface area contributed by atoms with Gasteiger partial charge in [0.05, 0.1) is 5.69 Å². The van der Waals surface area contributed by atoms with Crippen molar-refractivity contribution < 1.29 is 22.3 Å². The lowest BCUT2D eigenvalue weighted by molar-refractivity contribution is 0.213. The molecule has 0 aromatic heterocycles. The van der Waals surface area contributed by atoms with Crippen LogP contribution < -0.4 is 10.5 Å². The van der Waals surface area contributed by atoms with Gasteiger partial charge in [-0.1, -0.05) is 13.8 Å². The summed E-state index contributed by atoms with van der Waals surface area (Å²) in [6.45, 7) is 3.42. The molecule has 5 nitrogen and oxygen atoms in total. The molecule has 0 aliphatic rings. The minimum Gasteiger partial charge on any atom is -0.396 e. The zero-order chi connectivity index (χ0) is 15.6. The Hall–Kier alpha value is -1.25. The quantitative estimate of drug-likeness (QED) is 0.689. The number of aliphatic hydroxyl groups excluding tert-OH is 1. The van der Waals surface area contributed by atoms with Gasteiger partial charge in [0.1, 0.15) is 16.5 Å². The standard InChI is InChI=1S/C12H18F2N2O3S/c1-12(2,3-4-17)7-16-20(18,19)11-6-10(15)8(13)5-9(11)14/h5-6,16-17H,3-4,7,15H2,1-2H3. The van der Waals surface area contributed by atoms with Gasteiger partial charge in [-0.2, -0.15) is 0 Å². The van der Waals surface area contributed by atoms with Crippen molar-refractivity contribution in [2.24, 2.45) is 5.41 Å². The molecule has 0 aliphatic carbocycles. The van der Waals surface area contributed by atoms with E-state index in [1.54, 1.807) is 13.8 Å². The molecule has 4 N–H and O–H groups in total. The predicted octanol–water partition coefficient (Wildman–Crippen LogP) is 1.23. The van der Waals surface area contributed by atoms with Gasteiger partial charge in [-0.15, -0.1) is 0 Å². The van der Waals surface area contributed by atoms with E-state index in [1.807, 2.05) is 0 Å². The second-order valence-electron chi connectivity index (χ2n) is 5.27. The first-order chi connectivity index (χ1) is 9.09. The number of rotatable bonds is 6. The van der Waals surface area contributed by atoms with Crippen LogP contribution in [0.15, 0.2) is 17.0 Å².